The molecule has 0 aliphatic carbocycles. The highest BCUT2D eigenvalue weighted by Crippen LogP contribution is 2.35. The first-order valence-electron chi connectivity index (χ1n) is 6.34. The fourth-order valence-electron chi connectivity index (χ4n) is 1.91. The summed E-state index contributed by atoms with van der Waals surface area (Å²) in [5.41, 5.74) is 1.32. The first-order valence-corrected chi connectivity index (χ1v) is 7.53. The molecule has 20 heavy (non-hydrogen) atoms. The van der Waals surface area contributed by atoms with Crippen LogP contribution < -0.4 is 4.74 Å². The Bertz CT molecular complexity index is 586. The highest BCUT2D eigenvalue weighted by molar-refractivity contribution is 7.99. The maximum absolute atomic E-state index is 6.06. The fraction of sp³-hybridized carbons (Fsp3) is 0.250. The highest BCUT2D eigenvalue weighted by Gasteiger charge is 2.07. The summed E-state index contributed by atoms with van der Waals surface area (Å²) < 4.78 is 5.26. The molecule has 0 saturated heterocycles. The van der Waals surface area contributed by atoms with Gasteiger partial charge in [-0.3, -0.25) is 0 Å². The minimum atomic E-state index is 0.637. The van der Waals surface area contributed by atoms with Crippen LogP contribution in [-0.4, -0.2) is 26.1 Å². The minimum Gasteiger partial charge on any atom is -0.495 e. The van der Waals surface area contributed by atoms with Crippen molar-refractivity contribution in [3.63, 3.8) is 0 Å². The molecule has 0 aliphatic heterocycles. The second kappa shape index (κ2) is 7.02. The Morgan fingerprint density at radius 1 is 1.15 bits per heavy atom. The summed E-state index contributed by atoms with van der Waals surface area (Å²) in [4.78, 5) is 4.55. The van der Waals surface area contributed by atoms with Gasteiger partial charge in [-0.25, -0.2) is 0 Å². The Morgan fingerprint density at radius 2 is 1.90 bits per heavy atom. The molecule has 2 aromatic rings. The number of rotatable bonds is 5. The fourth-order valence-corrected chi connectivity index (χ4v) is 3.07. The van der Waals surface area contributed by atoms with E-state index < -0.39 is 0 Å². The standard InChI is InChI=1S/C16H18ClNOS/c1-18(2)11-12-6-4-5-7-16(12)20-13-8-9-14(17)15(10-13)19-3/h4-10H,11H2,1-3H3. The zero-order valence-corrected chi connectivity index (χ0v) is 13.5. The number of nitrogens with zero attached hydrogens (tertiary/aromatic N) is 1. The Kier molecular flexibility index (Phi) is 5.35. The van der Waals surface area contributed by atoms with Crippen molar-refractivity contribution in [2.75, 3.05) is 21.2 Å². The van der Waals surface area contributed by atoms with Gasteiger partial charge in [0.1, 0.15) is 5.75 Å². The molecule has 0 unspecified atom stereocenters. The van der Waals surface area contributed by atoms with Gasteiger partial charge in [0.15, 0.2) is 0 Å². The molecule has 4 heteroatoms. The van der Waals surface area contributed by atoms with Gasteiger partial charge in [-0.1, -0.05) is 41.6 Å². The van der Waals surface area contributed by atoms with Crippen LogP contribution in [0, 0.1) is 0 Å². The molecule has 0 radical (unpaired) electrons. The van der Waals surface area contributed by atoms with Crippen molar-refractivity contribution in [3.8, 4) is 5.75 Å². The van der Waals surface area contributed by atoms with E-state index in [0.717, 1.165) is 11.4 Å². The van der Waals surface area contributed by atoms with Gasteiger partial charge >= 0.3 is 0 Å². The van der Waals surface area contributed by atoms with Crippen molar-refractivity contribution in [1.29, 1.82) is 0 Å². The molecule has 0 spiro atoms. The summed E-state index contributed by atoms with van der Waals surface area (Å²) in [6.45, 7) is 0.925. The molecule has 0 amide bonds. The van der Waals surface area contributed by atoms with Crippen molar-refractivity contribution in [2.24, 2.45) is 0 Å². The number of hydrogen-bond acceptors (Lipinski definition) is 3. The second-order valence-corrected chi connectivity index (χ2v) is 6.27. The third kappa shape index (κ3) is 3.92. The Labute approximate surface area is 129 Å². The lowest BCUT2D eigenvalue weighted by molar-refractivity contribution is 0.399. The molecule has 0 aliphatic rings. The van der Waals surface area contributed by atoms with E-state index >= 15 is 0 Å². The van der Waals surface area contributed by atoms with E-state index in [-0.39, 0.29) is 0 Å². The van der Waals surface area contributed by atoms with Crippen molar-refractivity contribution in [2.45, 2.75) is 16.3 Å². The smallest absolute Gasteiger partial charge is 0.138 e. The molecule has 0 heterocycles. The molecule has 2 rings (SSSR count). The number of ether oxygens (including phenoxy) is 1. The van der Waals surface area contributed by atoms with E-state index in [2.05, 4.69) is 43.3 Å². The van der Waals surface area contributed by atoms with Crippen LogP contribution in [0.1, 0.15) is 5.56 Å². The lowest BCUT2D eigenvalue weighted by atomic mass is 10.2. The molecule has 0 atom stereocenters. The van der Waals surface area contributed by atoms with Crippen LogP contribution in [0.4, 0.5) is 0 Å². The van der Waals surface area contributed by atoms with E-state index in [9.17, 15) is 0 Å². The van der Waals surface area contributed by atoms with Gasteiger partial charge in [0.05, 0.1) is 12.1 Å². The molecule has 0 aromatic heterocycles. The molecular formula is C16H18ClNOS. The van der Waals surface area contributed by atoms with Crippen molar-refractivity contribution in [3.05, 3.63) is 53.1 Å². The van der Waals surface area contributed by atoms with Gasteiger partial charge < -0.3 is 9.64 Å². The van der Waals surface area contributed by atoms with Crippen molar-refractivity contribution < 1.29 is 4.74 Å². The van der Waals surface area contributed by atoms with Crippen LogP contribution in [0.3, 0.4) is 0 Å². The molecular weight excluding hydrogens is 290 g/mol. The van der Waals surface area contributed by atoms with Crippen molar-refractivity contribution in [1.82, 2.24) is 4.90 Å². The molecule has 0 saturated carbocycles. The normalized spacial score (nSPS) is 10.8. The largest absolute Gasteiger partial charge is 0.495 e. The Hall–Kier alpha value is -1.16. The molecule has 0 N–H and O–H groups in total. The summed E-state index contributed by atoms with van der Waals surface area (Å²) in [6.07, 6.45) is 0. The lowest BCUT2D eigenvalue weighted by Gasteiger charge is -2.14. The number of hydrogen-bond donors (Lipinski definition) is 0. The molecule has 2 aromatic carbocycles. The SMILES string of the molecule is COc1cc(Sc2ccccc2CN(C)C)ccc1Cl. The average Bonchev–Trinajstić information content (AvgIpc) is 2.42. The number of halogens is 1. The van der Waals surface area contributed by atoms with Crippen LogP contribution in [0.2, 0.25) is 5.02 Å². The number of benzene rings is 2. The minimum absolute atomic E-state index is 0.637. The molecule has 106 valence electrons. The monoisotopic (exact) mass is 307 g/mol. The van der Waals surface area contributed by atoms with Crippen molar-refractivity contribution >= 4 is 23.4 Å². The van der Waals surface area contributed by atoms with E-state index in [1.807, 2.05) is 18.2 Å². The third-order valence-electron chi connectivity index (χ3n) is 2.81. The van der Waals surface area contributed by atoms with Gasteiger partial charge in [0.2, 0.25) is 0 Å². The maximum Gasteiger partial charge on any atom is 0.138 e. The topological polar surface area (TPSA) is 12.5 Å². The highest BCUT2D eigenvalue weighted by atomic mass is 35.5. The third-order valence-corrected chi connectivity index (χ3v) is 4.23. The zero-order valence-electron chi connectivity index (χ0n) is 11.9. The Balaban J connectivity index is 2.25. The summed E-state index contributed by atoms with van der Waals surface area (Å²) in [5.74, 6) is 0.710. The lowest BCUT2D eigenvalue weighted by Crippen LogP contribution is -2.11. The Morgan fingerprint density at radius 3 is 2.60 bits per heavy atom. The van der Waals surface area contributed by atoms with Crippen LogP contribution in [0.5, 0.6) is 5.75 Å². The van der Waals surface area contributed by atoms with Gasteiger partial charge in [0.25, 0.3) is 0 Å². The van der Waals surface area contributed by atoms with E-state index in [1.54, 1.807) is 18.9 Å². The van der Waals surface area contributed by atoms with Gasteiger partial charge in [-0.15, -0.1) is 0 Å². The second-order valence-electron chi connectivity index (χ2n) is 4.74. The van der Waals surface area contributed by atoms with Gasteiger partial charge in [-0.05, 0) is 43.9 Å². The van der Waals surface area contributed by atoms with Gasteiger partial charge in [0, 0.05) is 16.3 Å². The van der Waals surface area contributed by atoms with Crippen LogP contribution in [0.15, 0.2) is 52.3 Å². The summed E-state index contributed by atoms with van der Waals surface area (Å²) in [7, 11) is 5.79. The van der Waals surface area contributed by atoms with E-state index in [4.69, 9.17) is 16.3 Å². The van der Waals surface area contributed by atoms with E-state index in [1.165, 1.54) is 10.5 Å². The predicted molar refractivity (Wildman–Crippen MR) is 86.0 cm³/mol. The summed E-state index contributed by atoms with van der Waals surface area (Å²) in [6, 6.07) is 14.3. The maximum atomic E-state index is 6.06. The first kappa shape index (κ1) is 15.2. The van der Waals surface area contributed by atoms with Gasteiger partial charge in [-0.2, -0.15) is 0 Å². The van der Waals surface area contributed by atoms with E-state index in [0.29, 0.717) is 10.8 Å². The average molecular weight is 308 g/mol. The molecule has 0 bridgehead atoms. The quantitative estimate of drug-likeness (QED) is 0.803. The van der Waals surface area contributed by atoms with Crippen LogP contribution in [0.25, 0.3) is 0 Å². The first-order chi connectivity index (χ1) is 9.60. The van der Waals surface area contributed by atoms with Crippen LogP contribution >= 0.6 is 23.4 Å². The predicted octanol–water partition coefficient (Wildman–Crippen LogP) is 4.56. The zero-order chi connectivity index (χ0) is 14.5. The summed E-state index contributed by atoms with van der Waals surface area (Å²) >= 11 is 7.79. The number of methoxy groups -OCH3 is 1. The van der Waals surface area contributed by atoms with Crippen LogP contribution in [-0.2, 0) is 6.54 Å². The summed E-state index contributed by atoms with van der Waals surface area (Å²) in [5, 5.41) is 0.637. The molecule has 2 nitrogen and oxygen atoms in total. The molecule has 0 fully saturated rings.